The van der Waals surface area contributed by atoms with Crippen molar-refractivity contribution in [2.75, 3.05) is 26.7 Å². The predicted octanol–water partition coefficient (Wildman–Crippen LogP) is 4.00. The lowest BCUT2D eigenvalue weighted by Crippen LogP contribution is -2.58. The molecule has 3 heterocycles. The zero-order valence-corrected chi connectivity index (χ0v) is 17.4. The summed E-state index contributed by atoms with van der Waals surface area (Å²) >= 11 is 0. The van der Waals surface area contributed by atoms with Crippen LogP contribution in [0.3, 0.4) is 0 Å². The fraction of sp³-hybridized carbons (Fsp3) is 0.625. The van der Waals surface area contributed by atoms with E-state index in [2.05, 4.69) is 4.90 Å². The summed E-state index contributed by atoms with van der Waals surface area (Å²) in [5.41, 5.74) is 1.88. The molecule has 1 aromatic heterocycles. The number of para-hydroxylation sites is 1. The van der Waals surface area contributed by atoms with Gasteiger partial charge in [0, 0.05) is 36.7 Å². The smallest absolute Gasteiger partial charge is 0.227 e. The van der Waals surface area contributed by atoms with Crippen LogP contribution in [0.5, 0.6) is 0 Å². The summed E-state index contributed by atoms with van der Waals surface area (Å²) < 4.78 is 11.9. The Morgan fingerprint density at radius 1 is 1.21 bits per heavy atom. The normalized spacial score (nSPS) is 30.4. The molecule has 3 aliphatic rings. The van der Waals surface area contributed by atoms with Gasteiger partial charge in [0.1, 0.15) is 5.58 Å². The second kappa shape index (κ2) is 7.77. The molecule has 29 heavy (non-hydrogen) atoms. The van der Waals surface area contributed by atoms with Gasteiger partial charge in [0.2, 0.25) is 5.91 Å². The van der Waals surface area contributed by atoms with Gasteiger partial charge in [-0.2, -0.15) is 0 Å². The van der Waals surface area contributed by atoms with Gasteiger partial charge < -0.3 is 14.1 Å². The maximum Gasteiger partial charge on any atom is 0.227 e. The van der Waals surface area contributed by atoms with Crippen LogP contribution in [0.25, 0.3) is 11.0 Å². The number of likely N-dealkylation sites (N-methyl/N-ethyl adjacent to an activating group) is 1. The zero-order chi connectivity index (χ0) is 19.8. The molecule has 2 aromatic rings. The molecule has 0 N–H and O–H groups in total. The van der Waals surface area contributed by atoms with Crippen molar-refractivity contribution in [2.24, 2.45) is 0 Å². The summed E-state index contributed by atoms with van der Waals surface area (Å²) in [5.74, 6) is 0.186. The number of furan rings is 1. The highest BCUT2D eigenvalue weighted by molar-refractivity contribution is 5.86. The summed E-state index contributed by atoms with van der Waals surface area (Å²) in [6, 6.07) is 8.69. The Kier molecular flexibility index (Phi) is 5.12. The number of carbonyl (C=O) groups excluding carboxylic acids is 1. The predicted molar refractivity (Wildman–Crippen MR) is 113 cm³/mol. The standard InChI is InChI=1S/C24H32N2O3/c1-25(22(27)16-19-7-4-6-18-9-15-28-23(18)19)20-8-11-24(10-5-14-29-24)17-21(20)26-12-2-3-13-26/h4,6-7,9,15,20-21H,2-3,5,8,10-14,16-17H2,1H3/t20-,21-,24-/m0/s1. The van der Waals surface area contributed by atoms with Crippen LogP contribution in [0.1, 0.15) is 50.5 Å². The number of rotatable bonds is 4. The van der Waals surface area contributed by atoms with E-state index in [9.17, 15) is 4.79 Å². The first-order valence-corrected chi connectivity index (χ1v) is 11.2. The Morgan fingerprint density at radius 3 is 2.86 bits per heavy atom. The molecule has 0 unspecified atom stereocenters. The maximum atomic E-state index is 13.3. The fourth-order valence-electron chi connectivity index (χ4n) is 5.90. The van der Waals surface area contributed by atoms with Crippen molar-refractivity contribution >= 4 is 16.9 Å². The summed E-state index contributed by atoms with van der Waals surface area (Å²) in [6.07, 6.45) is 10.2. The van der Waals surface area contributed by atoms with E-state index in [1.165, 1.54) is 25.7 Å². The highest BCUT2D eigenvalue weighted by Gasteiger charge is 2.47. The number of hydrogen-bond acceptors (Lipinski definition) is 4. The van der Waals surface area contributed by atoms with Gasteiger partial charge in [0.05, 0.1) is 18.3 Å². The highest BCUT2D eigenvalue weighted by atomic mass is 16.5. The molecule has 1 aliphatic carbocycles. The van der Waals surface area contributed by atoms with E-state index >= 15 is 0 Å². The van der Waals surface area contributed by atoms with Crippen LogP contribution < -0.4 is 0 Å². The Labute approximate surface area is 173 Å². The van der Waals surface area contributed by atoms with Crippen LogP contribution >= 0.6 is 0 Å². The minimum Gasteiger partial charge on any atom is -0.464 e. The summed E-state index contributed by atoms with van der Waals surface area (Å²) in [4.78, 5) is 17.9. The Hall–Kier alpha value is -1.85. The lowest BCUT2D eigenvalue weighted by molar-refractivity contribution is -0.136. The molecule has 0 bridgehead atoms. The fourth-order valence-corrected chi connectivity index (χ4v) is 5.90. The molecule has 1 aromatic carbocycles. The van der Waals surface area contributed by atoms with E-state index in [-0.39, 0.29) is 17.6 Å². The van der Waals surface area contributed by atoms with Crippen LogP contribution in [-0.2, 0) is 16.0 Å². The first-order valence-electron chi connectivity index (χ1n) is 11.2. The van der Waals surface area contributed by atoms with Crippen LogP contribution in [0.4, 0.5) is 0 Å². The SMILES string of the molecule is CN(C(=O)Cc1cccc2ccoc12)[C@H]1CC[C@@]2(CCCO2)C[C@@H]1N1CCCC1. The van der Waals surface area contributed by atoms with Crippen LogP contribution in [-0.4, -0.2) is 60.1 Å². The highest BCUT2D eigenvalue weighted by Crippen LogP contribution is 2.43. The van der Waals surface area contributed by atoms with Crippen molar-refractivity contribution in [1.29, 1.82) is 0 Å². The first-order chi connectivity index (χ1) is 14.2. The van der Waals surface area contributed by atoms with Crippen molar-refractivity contribution in [3.63, 3.8) is 0 Å². The molecule has 0 radical (unpaired) electrons. The lowest BCUT2D eigenvalue weighted by atomic mass is 9.76. The molecule has 156 valence electrons. The maximum absolute atomic E-state index is 13.3. The molecule has 1 amide bonds. The van der Waals surface area contributed by atoms with Gasteiger partial charge in [0.25, 0.3) is 0 Å². The quantitative estimate of drug-likeness (QED) is 0.784. The van der Waals surface area contributed by atoms with Gasteiger partial charge in [-0.15, -0.1) is 0 Å². The topological polar surface area (TPSA) is 45.9 Å². The van der Waals surface area contributed by atoms with Crippen molar-refractivity contribution in [2.45, 2.75) is 69.1 Å². The molecule has 2 saturated heterocycles. The average Bonchev–Trinajstić information content (AvgIpc) is 3.49. The number of amides is 1. The number of carbonyl (C=O) groups is 1. The van der Waals surface area contributed by atoms with E-state index in [0.29, 0.717) is 12.5 Å². The van der Waals surface area contributed by atoms with E-state index in [4.69, 9.17) is 9.15 Å². The summed E-state index contributed by atoms with van der Waals surface area (Å²) in [5, 5.41) is 1.06. The second-order valence-corrected chi connectivity index (χ2v) is 9.19. The Bertz CT molecular complexity index is 864. The molecule has 5 nitrogen and oxygen atoms in total. The van der Waals surface area contributed by atoms with Gasteiger partial charge in [0.15, 0.2) is 0 Å². The zero-order valence-electron chi connectivity index (χ0n) is 17.4. The molecular formula is C24H32N2O3. The molecular weight excluding hydrogens is 364 g/mol. The van der Waals surface area contributed by atoms with Crippen LogP contribution in [0, 0.1) is 0 Å². The molecule has 1 spiro atoms. The Balaban J connectivity index is 1.34. The number of nitrogens with zero attached hydrogens (tertiary/aromatic N) is 2. The average molecular weight is 397 g/mol. The largest absolute Gasteiger partial charge is 0.464 e. The molecule has 3 atom stereocenters. The second-order valence-electron chi connectivity index (χ2n) is 9.19. The monoisotopic (exact) mass is 396 g/mol. The van der Waals surface area contributed by atoms with E-state index in [1.807, 2.05) is 36.2 Å². The Morgan fingerprint density at radius 2 is 2.07 bits per heavy atom. The number of likely N-dealkylation sites (tertiary alicyclic amines) is 1. The van der Waals surface area contributed by atoms with Gasteiger partial charge in [-0.05, 0) is 64.1 Å². The molecule has 1 saturated carbocycles. The first kappa shape index (κ1) is 19.1. The minimum atomic E-state index is 0.0629. The van der Waals surface area contributed by atoms with Crippen molar-refractivity contribution < 1.29 is 13.9 Å². The van der Waals surface area contributed by atoms with Crippen LogP contribution in [0.2, 0.25) is 0 Å². The van der Waals surface area contributed by atoms with E-state index in [0.717, 1.165) is 55.5 Å². The third kappa shape index (κ3) is 3.59. The summed E-state index contributed by atoms with van der Waals surface area (Å²) in [7, 11) is 2.01. The molecule has 5 rings (SSSR count). The third-order valence-corrected chi connectivity index (χ3v) is 7.51. The number of fused-ring (bicyclic) bond motifs is 1. The van der Waals surface area contributed by atoms with Crippen LogP contribution in [0.15, 0.2) is 34.9 Å². The van der Waals surface area contributed by atoms with Gasteiger partial charge in [-0.1, -0.05) is 18.2 Å². The van der Waals surface area contributed by atoms with Gasteiger partial charge in [-0.25, -0.2) is 0 Å². The molecule has 3 fully saturated rings. The van der Waals surface area contributed by atoms with Crippen molar-refractivity contribution in [3.8, 4) is 0 Å². The van der Waals surface area contributed by atoms with Gasteiger partial charge >= 0.3 is 0 Å². The molecule has 2 aliphatic heterocycles. The van der Waals surface area contributed by atoms with Gasteiger partial charge in [-0.3, -0.25) is 9.69 Å². The van der Waals surface area contributed by atoms with Crippen molar-refractivity contribution in [1.82, 2.24) is 9.80 Å². The number of ether oxygens (including phenoxy) is 1. The molecule has 5 heteroatoms. The van der Waals surface area contributed by atoms with E-state index in [1.54, 1.807) is 6.26 Å². The number of benzene rings is 1. The summed E-state index contributed by atoms with van der Waals surface area (Å²) in [6.45, 7) is 3.22. The third-order valence-electron chi connectivity index (χ3n) is 7.51. The van der Waals surface area contributed by atoms with E-state index < -0.39 is 0 Å². The van der Waals surface area contributed by atoms with Crippen molar-refractivity contribution in [3.05, 3.63) is 36.1 Å². The minimum absolute atomic E-state index is 0.0629. The lowest BCUT2D eigenvalue weighted by Gasteiger charge is -2.48. The number of hydrogen-bond donors (Lipinski definition) is 0.